The van der Waals surface area contributed by atoms with Crippen molar-refractivity contribution < 1.29 is 0 Å². The molecular formula is C40H51Br. The molecule has 0 amide bonds. The van der Waals surface area contributed by atoms with Crippen LogP contribution in [0.3, 0.4) is 0 Å². The molecule has 0 unspecified atom stereocenters. The maximum atomic E-state index is 3.73. The van der Waals surface area contributed by atoms with E-state index in [0.717, 1.165) is 0 Å². The fraction of sp³-hybridized carbons (Fsp3) is 0.400. The molecular weight excluding hydrogens is 560 g/mol. The van der Waals surface area contributed by atoms with Crippen molar-refractivity contribution in [3.05, 3.63) is 118 Å². The predicted octanol–water partition coefficient (Wildman–Crippen LogP) is 12.7. The summed E-state index contributed by atoms with van der Waals surface area (Å²) in [4.78, 5) is 0. The van der Waals surface area contributed by atoms with Crippen LogP contribution in [-0.2, 0) is 21.7 Å². The molecule has 0 N–H and O–H groups in total. The lowest BCUT2D eigenvalue weighted by Gasteiger charge is -2.21. The maximum Gasteiger partial charge on any atom is 0.0256 e. The lowest BCUT2D eigenvalue weighted by molar-refractivity contribution is 0.589. The van der Waals surface area contributed by atoms with Crippen molar-refractivity contribution in [2.75, 3.05) is 0 Å². The summed E-state index contributed by atoms with van der Waals surface area (Å²) in [5.41, 5.74) is 11.4. The molecule has 0 radical (unpaired) electrons. The Morgan fingerprint density at radius 3 is 0.878 bits per heavy atom. The Hall–Kier alpha value is -2.64. The van der Waals surface area contributed by atoms with Gasteiger partial charge < -0.3 is 0 Å². The summed E-state index contributed by atoms with van der Waals surface area (Å²) in [6.07, 6.45) is 0. The molecule has 0 saturated carbocycles. The quantitative estimate of drug-likeness (QED) is 0.212. The standard InChI is InChI=1S/C20H25Br.C20H26/c1-19(2,3)15-9-7-14(8-10-15)17-12-11-16(13-18(17)21)20(4,5)6;1-19(2,3)17-11-7-15(8-12-17)16-9-13-18(14-10-16)20(4,5)6/h7-13H,1-6H3;7-14H,1-6H3. The fourth-order valence-electron chi connectivity index (χ4n) is 4.69. The van der Waals surface area contributed by atoms with Crippen LogP contribution in [0.4, 0.5) is 0 Å². The normalized spacial score (nSPS) is 12.5. The van der Waals surface area contributed by atoms with Crippen molar-refractivity contribution in [3.63, 3.8) is 0 Å². The Morgan fingerprint density at radius 2 is 0.610 bits per heavy atom. The topological polar surface area (TPSA) is 0 Å². The predicted molar refractivity (Wildman–Crippen MR) is 186 cm³/mol. The first-order chi connectivity index (χ1) is 18.8. The van der Waals surface area contributed by atoms with Gasteiger partial charge in [0.25, 0.3) is 0 Å². The maximum absolute atomic E-state index is 3.73. The number of hydrogen-bond donors (Lipinski definition) is 0. The Bertz CT molecular complexity index is 1350. The summed E-state index contributed by atoms with van der Waals surface area (Å²) in [6.45, 7) is 27.0. The summed E-state index contributed by atoms with van der Waals surface area (Å²) in [7, 11) is 0. The minimum absolute atomic E-state index is 0.178. The third-order valence-corrected chi connectivity index (χ3v) is 8.39. The smallest absolute Gasteiger partial charge is 0.0256 e. The summed E-state index contributed by atoms with van der Waals surface area (Å²) in [6, 6.07) is 33.5. The molecule has 4 rings (SSSR count). The van der Waals surface area contributed by atoms with Crippen LogP contribution in [0.25, 0.3) is 22.3 Å². The van der Waals surface area contributed by atoms with E-state index in [2.05, 4.69) is 190 Å². The van der Waals surface area contributed by atoms with Gasteiger partial charge in [0, 0.05) is 4.47 Å². The molecule has 4 aromatic carbocycles. The molecule has 0 aliphatic rings. The van der Waals surface area contributed by atoms with Gasteiger partial charge in [0.1, 0.15) is 0 Å². The van der Waals surface area contributed by atoms with Crippen LogP contribution in [0.1, 0.15) is 105 Å². The highest BCUT2D eigenvalue weighted by atomic mass is 79.9. The zero-order valence-corrected chi connectivity index (χ0v) is 29.1. The van der Waals surface area contributed by atoms with Crippen molar-refractivity contribution >= 4 is 15.9 Å². The largest absolute Gasteiger partial charge is 0.0579 e. The van der Waals surface area contributed by atoms with Crippen LogP contribution in [0, 0.1) is 0 Å². The van der Waals surface area contributed by atoms with E-state index in [9.17, 15) is 0 Å². The third-order valence-electron chi connectivity index (χ3n) is 7.73. The van der Waals surface area contributed by atoms with Gasteiger partial charge in [0.15, 0.2) is 0 Å². The van der Waals surface area contributed by atoms with E-state index in [1.807, 2.05) is 0 Å². The molecule has 0 aliphatic carbocycles. The Morgan fingerprint density at radius 1 is 0.341 bits per heavy atom. The second-order valence-electron chi connectivity index (χ2n) is 15.4. The average molecular weight is 612 g/mol. The summed E-state index contributed by atoms with van der Waals surface area (Å²) in [5, 5.41) is 0. The van der Waals surface area contributed by atoms with Gasteiger partial charge in [-0.15, -0.1) is 0 Å². The van der Waals surface area contributed by atoms with Crippen molar-refractivity contribution in [1.29, 1.82) is 0 Å². The molecule has 0 spiro atoms. The van der Waals surface area contributed by atoms with Crippen LogP contribution in [0.5, 0.6) is 0 Å². The minimum atomic E-state index is 0.178. The average Bonchev–Trinajstić information content (AvgIpc) is 2.87. The van der Waals surface area contributed by atoms with Gasteiger partial charge in [-0.25, -0.2) is 0 Å². The fourth-order valence-corrected chi connectivity index (χ4v) is 5.30. The second-order valence-corrected chi connectivity index (χ2v) is 16.3. The zero-order chi connectivity index (χ0) is 30.8. The number of hydrogen-bond acceptors (Lipinski definition) is 0. The van der Waals surface area contributed by atoms with E-state index in [-0.39, 0.29) is 21.7 Å². The Balaban J connectivity index is 0.000000226. The van der Waals surface area contributed by atoms with E-state index in [0.29, 0.717) is 0 Å². The summed E-state index contributed by atoms with van der Waals surface area (Å²) >= 11 is 3.73. The number of rotatable bonds is 2. The highest BCUT2D eigenvalue weighted by molar-refractivity contribution is 9.10. The zero-order valence-electron chi connectivity index (χ0n) is 27.5. The minimum Gasteiger partial charge on any atom is -0.0579 e. The molecule has 0 nitrogen and oxygen atoms in total. The van der Waals surface area contributed by atoms with Gasteiger partial charge in [-0.2, -0.15) is 0 Å². The van der Waals surface area contributed by atoms with E-state index in [1.54, 1.807) is 0 Å². The van der Waals surface area contributed by atoms with Gasteiger partial charge in [0.05, 0.1) is 0 Å². The SMILES string of the molecule is CC(C)(C)c1ccc(-c2ccc(C(C)(C)C)cc2)cc1.CC(C)(C)c1ccc(-c2ccc(C(C)(C)C)cc2Br)cc1. The Labute approximate surface area is 259 Å². The molecule has 0 heterocycles. The number of benzene rings is 4. The molecule has 0 aromatic heterocycles. The first-order valence-corrected chi connectivity index (χ1v) is 15.7. The molecule has 41 heavy (non-hydrogen) atoms. The van der Waals surface area contributed by atoms with Crippen molar-refractivity contribution in [3.8, 4) is 22.3 Å². The molecule has 0 atom stereocenters. The van der Waals surface area contributed by atoms with E-state index < -0.39 is 0 Å². The van der Waals surface area contributed by atoms with E-state index in [4.69, 9.17) is 0 Å². The van der Waals surface area contributed by atoms with Gasteiger partial charge >= 0.3 is 0 Å². The highest BCUT2D eigenvalue weighted by Crippen LogP contribution is 2.34. The molecule has 0 bridgehead atoms. The van der Waals surface area contributed by atoms with Crippen LogP contribution in [0.15, 0.2) is 95.5 Å². The summed E-state index contributed by atoms with van der Waals surface area (Å²) in [5.74, 6) is 0. The van der Waals surface area contributed by atoms with Crippen LogP contribution < -0.4 is 0 Å². The van der Waals surface area contributed by atoms with Gasteiger partial charge in [-0.05, 0) is 72.2 Å². The lowest BCUT2D eigenvalue weighted by atomic mass is 9.85. The monoisotopic (exact) mass is 610 g/mol. The molecule has 218 valence electrons. The van der Waals surface area contributed by atoms with Crippen LogP contribution >= 0.6 is 15.9 Å². The molecule has 0 fully saturated rings. The van der Waals surface area contributed by atoms with E-state index in [1.165, 1.54) is 49.0 Å². The molecule has 4 aromatic rings. The van der Waals surface area contributed by atoms with Gasteiger partial charge in [-0.1, -0.05) is 184 Å². The lowest BCUT2D eigenvalue weighted by Crippen LogP contribution is -2.11. The molecule has 1 heteroatoms. The van der Waals surface area contributed by atoms with E-state index >= 15 is 0 Å². The first kappa shape index (κ1) is 32.9. The number of halogens is 1. The van der Waals surface area contributed by atoms with Crippen LogP contribution in [-0.4, -0.2) is 0 Å². The molecule has 0 aliphatic heterocycles. The van der Waals surface area contributed by atoms with Crippen molar-refractivity contribution in [2.24, 2.45) is 0 Å². The van der Waals surface area contributed by atoms with Crippen LogP contribution in [0.2, 0.25) is 0 Å². The Kier molecular flexibility index (Phi) is 9.86. The highest BCUT2D eigenvalue weighted by Gasteiger charge is 2.17. The van der Waals surface area contributed by atoms with Gasteiger partial charge in [0.2, 0.25) is 0 Å². The van der Waals surface area contributed by atoms with Crippen molar-refractivity contribution in [2.45, 2.75) is 105 Å². The summed E-state index contributed by atoms with van der Waals surface area (Å²) < 4.78 is 1.17. The van der Waals surface area contributed by atoms with Gasteiger partial charge in [-0.3, -0.25) is 0 Å². The first-order valence-electron chi connectivity index (χ1n) is 14.9. The third kappa shape index (κ3) is 8.92. The second kappa shape index (κ2) is 12.3. The molecule has 0 saturated heterocycles. The van der Waals surface area contributed by atoms with Crippen molar-refractivity contribution in [1.82, 2.24) is 0 Å².